The van der Waals surface area contributed by atoms with E-state index in [1.807, 2.05) is 18.2 Å². The number of amidine groups is 1. The van der Waals surface area contributed by atoms with E-state index in [9.17, 15) is 9.59 Å². The predicted molar refractivity (Wildman–Crippen MR) is 137 cm³/mol. The summed E-state index contributed by atoms with van der Waals surface area (Å²) in [6.07, 6.45) is 7.93. The Bertz CT molecular complexity index is 1120. The summed E-state index contributed by atoms with van der Waals surface area (Å²) in [5.74, 6) is 0.361. The lowest BCUT2D eigenvalue weighted by Gasteiger charge is -2.31. The molecule has 2 saturated heterocycles. The van der Waals surface area contributed by atoms with E-state index in [1.54, 1.807) is 0 Å². The molecule has 1 aromatic heterocycles. The van der Waals surface area contributed by atoms with Gasteiger partial charge in [0.05, 0.1) is 12.6 Å². The summed E-state index contributed by atoms with van der Waals surface area (Å²) in [6.45, 7) is 4.98. The smallest absolute Gasteiger partial charge is 0.240 e. The van der Waals surface area contributed by atoms with Crippen molar-refractivity contribution in [2.75, 3.05) is 19.6 Å². The first-order valence-corrected chi connectivity index (χ1v) is 13.2. The molecule has 3 fully saturated rings. The van der Waals surface area contributed by atoms with Crippen LogP contribution in [0, 0.1) is 5.41 Å². The van der Waals surface area contributed by atoms with Crippen molar-refractivity contribution in [1.82, 2.24) is 19.7 Å². The van der Waals surface area contributed by atoms with Crippen molar-refractivity contribution in [3.05, 3.63) is 35.5 Å². The molecule has 1 aromatic carbocycles. The quantitative estimate of drug-likeness (QED) is 0.380. The molecule has 0 spiro atoms. The van der Waals surface area contributed by atoms with Gasteiger partial charge in [0.25, 0.3) is 0 Å². The van der Waals surface area contributed by atoms with Crippen LogP contribution in [0.15, 0.2) is 24.3 Å². The number of aromatic nitrogens is 1. The van der Waals surface area contributed by atoms with Crippen LogP contribution < -0.4 is 11.1 Å². The van der Waals surface area contributed by atoms with Gasteiger partial charge in [-0.15, -0.1) is 0 Å². The minimum Gasteiger partial charge on any atom is -0.384 e. The monoisotopic (exact) mass is 478 g/mol. The first-order chi connectivity index (χ1) is 16.9. The molecule has 3 aliphatic rings. The Morgan fingerprint density at radius 3 is 2.66 bits per heavy atom. The fourth-order valence-electron chi connectivity index (χ4n) is 5.97. The molecule has 4 N–H and O–H groups in total. The molecular formula is C27H38N6O2. The van der Waals surface area contributed by atoms with Crippen LogP contribution in [-0.4, -0.2) is 69.8 Å². The number of carbonyl (C=O) groups is 2. The third-order valence-corrected chi connectivity index (χ3v) is 7.95. The molecule has 188 valence electrons. The Morgan fingerprint density at radius 1 is 1.11 bits per heavy atom. The average Bonchev–Trinajstić information content (AvgIpc) is 3.23. The van der Waals surface area contributed by atoms with Gasteiger partial charge in [0.2, 0.25) is 11.8 Å². The van der Waals surface area contributed by atoms with E-state index in [-0.39, 0.29) is 29.7 Å². The molecule has 0 radical (unpaired) electrons. The molecule has 0 unspecified atom stereocenters. The number of aryl methyl sites for hydroxylation is 2. The van der Waals surface area contributed by atoms with Crippen LogP contribution in [0.25, 0.3) is 10.9 Å². The molecule has 5 rings (SSSR count). The van der Waals surface area contributed by atoms with Crippen molar-refractivity contribution in [2.24, 2.45) is 5.73 Å². The fourth-order valence-corrected chi connectivity index (χ4v) is 5.97. The minimum atomic E-state index is -0.160. The number of likely N-dealkylation sites (tertiary alicyclic amines) is 2. The largest absolute Gasteiger partial charge is 0.384 e. The number of nitrogens with one attached hydrogen (secondary N) is 2. The summed E-state index contributed by atoms with van der Waals surface area (Å²) < 4.78 is 2.31. The van der Waals surface area contributed by atoms with Gasteiger partial charge in [0.15, 0.2) is 0 Å². The summed E-state index contributed by atoms with van der Waals surface area (Å²) in [7, 11) is 0. The van der Waals surface area contributed by atoms with Gasteiger partial charge in [0, 0.05) is 41.9 Å². The van der Waals surface area contributed by atoms with Crippen LogP contribution in [0.2, 0.25) is 0 Å². The van der Waals surface area contributed by atoms with E-state index in [0.29, 0.717) is 12.6 Å². The summed E-state index contributed by atoms with van der Waals surface area (Å²) >= 11 is 0. The molecule has 2 amide bonds. The molecule has 0 bridgehead atoms. The predicted octanol–water partition coefficient (Wildman–Crippen LogP) is 2.61. The lowest BCUT2D eigenvalue weighted by Crippen LogP contribution is -2.50. The van der Waals surface area contributed by atoms with Crippen molar-refractivity contribution in [1.29, 1.82) is 5.41 Å². The zero-order chi connectivity index (χ0) is 24.5. The van der Waals surface area contributed by atoms with Crippen LogP contribution in [0.1, 0.15) is 63.1 Å². The molecular weight excluding hydrogens is 440 g/mol. The third-order valence-electron chi connectivity index (χ3n) is 7.95. The number of carbonyl (C=O) groups excluding carboxylic acids is 2. The van der Waals surface area contributed by atoms with Gasteiger partial charge in [-0.05, 0) is 82.4 Å². The van der Waals surface area contributed by atoms with Crippen molar-refractivity contribution >= 4 is 28.6 Å². The molecule has 1 saturated carbocycles. The van der Waals surface area contributed by atoms with Gasteiger partial charge in [0.1, 0.15) is 5.84 Å². The first-order valence-electron chi connectivity index (χ1n) is 13.2. The maximum atomic E-state index is 13.6. The zero-order valence-corrected chi connectivity index (χ0v) is 20.8. The second-order valence-corrected chi connectivity index (χ2v) is 10.4. The van der Waals surface area contributed by atoms with E-state index in [1.165, 1.54) is 5.69 Å². The summed E-state index contributed by atoms with van der Waals surface area (Å²) in [4.78, 5) is 30.1. The van der Waals surface area contributed by atoms with Crippen molar-refractivity contribution in [3.8, 4) is 0 Å². The molecule has 8 nitrogen and oxygen atoms in total. The summed E-state index contributed by atoms with van der Waals surface area (Å²) in [5.41, 5.74) is 8.83. The molecule has 1 aliphatic carbocycles. The van der Waals surface area contributed by atoms with Crippen LogP contribution in [-0.2, 0) is 22.6 Å². The Balaban J connectivity index is 1.24. The number of rotatable bonds is 9. The maximum Gasteiger partial charge on any atom is 0.240 e. The van der Waals surface area contributed by atoms with Gasteiger partial charge in [-0.25, -0.2) is 0 Å². The number of nitrogens with zero attached hydrogens (tertiary/aromatic N) is 3. The normalized spacial score (nSPS) is 22.7. The number of hydrogen-bond acceptors (Lipinski definition) is 4. The number of amides is 2. The molecule has 8 heteroatoms. The van der Waals surface area contributed by atoms with Crippen molar-refractivity contribution in [2.45, 2.75) is 83.0 Å². The molecule has 2 atom stereocenters. The average molecular weight is 479 g/mol. The summed E-state index contributed by atoms with van der Waals surface area (Å²) in [6, 6.07) is 8.64. The van der Waals surface area contributed by atoms with Crippen LogP contribution in [0.3, 0.4) is 0 Å². The highest BCUT2D eigenvalue weighted by molar-refractivity contribution is 5.98. The summed E-state index contributed by atoms with van der Waals surface area (Å²) in [5, 5.41) is 12.0. The van der Waals surface area contributed by atoms with Crippen LogP contribution in [0.4, 0.5) is 0 Å². The standard InChI is InChI=1S/C27H38N6O2/c1-2-32-22(15-18-7-8-19(26(28)29)16-24(18)32)12-11-21-5-3-14-33(21)27(35)23-6-4-13-31(23)17-25(34)30-20-9-10-20/h7-8,15-16,20-21,23H,2-6,9-14,17H2,1H3,(H3,28,29)(H,30,34)/t21-,23+/m0/s1. The molecule has 3 heterocycles. The zero-order valence-electron chi connectivity index (χ0n) is 20.8. The van der Waals surface area contributed by atoms with E-state index >= 15 is 0 Å². The molecule has 35 heavy (non-hydrogen) atoms. The van der Waals surface area contributed by atoms with E-state index in [4.69, 9.17) is 11.1 Å². The third kappa shape index (κ3) is 5.08. The van der Waals surface area contributed by atoms with Gasteiger partial charge in [-0.3, -0.25) is 19.9 Å². The van der Waals surface area contributed by atoms with E-state index in [2.05, 4.69) is 32.7 Å². The Hall–Kier alpha value is -2.87. The number of nitrogen functional groups attached to an aromatic ring is 1. The second-order valence-electron chi connectivity index (χ2n) is 10.4. The number of hydrogen-bond donors (Lipinski definition) is 3. The SMILES string of the molecule is CCn1c(CC[C@@H]2CCCN2C(=O)[C@H]2CCCN2CC(=O)NC2CC2)cc2ccc(C(=N)N)cc21. The highest BCUT2D eigenvalue weighted by atomic mass is 16.2. The lowest BCUT2D eigenvalue weighted by molar-refractivity contribution is -0.137. The van der Waals surface area contributed by atoms with E-state index < -0.39 is 0 Å². The number of fused-ring (bicyclic) bond motifs is 1. The van der Waals surface area contributed by atoms with Gasteiger partial charge in [-0.2, -0.15) is 0 Å². The Morgan fingerprint density at radius 2 is 1.91 bits per heavy atom. The van der Waals surface area contributed by atoms with Gasteiger partial charge < -0.3 is 20.5 Å². The lowest BCUT2D eigenvalue weighted by atomic mass is 10.1. The maximum absolute atomic E-state index is 13.6. The van der Waals surface area contributed by atoms with Crippen molar-refractivity contribution < 1.29 is 9.59 Å². The van der Waals surface area contributed by atoms with Gasteiger partial charge in [-0.1, -0.05) is 12.1 Å². The minimum absolute atomic E-state index is 0.0606. The van der Waals surface area contributed by atoms with E-state index in [0.717, 1.165) is 87.5 Å². The van der Waals surface area contributed by atoms with Crippen molar-refractivity contribution in [3.63, 3.8) is 0 Å². The second kappa shape index (κ2) is 10.0. The fraction of sp³-hybridized carbons (Fsp3) is 0.593. The van der Waals surface area contributed by atoms with Crippen LogP contribution in [0.5, 0.6) is 0 Å². The van der Waals surface area contributed by atoms with Gasteiger partial charge >= 0.3 is 0 Å². The Kier molecular flexibility index (Phi) is 6.82. The highest BCUT2D eigenvalue weighted by Gasteiger charge is 2.39. The number of benzene rings is 1. The Labute approximate surface area is 207 Å². The first kappa shape index (κ1) is 23.9. The molecule has 2 aromatic rings. The number of nitrogens with two attached hydrogens (primary N) is 1. The highest BCUT2D eigenvalue weighted by Crippen LogP contribution is 2.29. The molecule has 2 aliphatic heterocycles. The van der Waals surface area contributed by atoms with Crippen LogP contribution >= 0.6 is 0 Å². The topological polar surface area (TPSA) is 107 Å².